The highest BCUT2D eigenvalue weighted by atomic mass is 35.5. The molecule has 18 heavy (non-hydrogen) atoms. The van der Waals surface area contributed by atoms with Crippen molar-refractivity contribution in [2.45, 2.75) is 25.9 Å². The normalized spacial score (nSPS) is 22.8. The molecule has 1 unspecified atom stereocenters. The molecule has 5 heteroatoms. The van der Waals surface area contributed by atoms with Crippen LogP contribution in [0, 0.1) is 6.92 Å². The minimum atomic E-state index is -1.15. The third kappa shape index (κ3) is 1.90. The summed E-state index contributed by atoms with van der Waals surface area (Å²) < 4.78 is 0. The van der Waals surface area contributed by atoms with Crippen LogP contribution >= 0.6 is 11.6 Å². The molecule has 0 radical (unpaired) electrons. The van der Waals surface area contributed by atoms with Gasteiger partial charge in [0.05, 0.1) is 5.69 Å². The van der Waals surface area contributed by atoms with Crippen molar-refractivity contribution in [3.05, 3.63) is 28.3 Å². The minimum absolute atomic E-state index is 0.0549. The number of anilines is 1. The number of carbonyl (C=O) groups excluding carboxylic acids is 1. The first kappa shape index (κ1) is 13.3. The number of nitrogens with zero attached hydrogens (tertiary/aromatic N) is 1. The summed E-state index contributed by atoms with van der Waals surface area (Å²) in [6, 6.07) is 3.58. The summed E-state index contributed by atoms with van der Waals surface area (Å²) in [7, 11) is 0. The maximum atomic E-state index is 11.7. The first-order chi connectivity index (χ1) is 8.40. The molecular formula is C13H17ClN2O2. The van der Waals surface area contributed by atoms with Crippen LogP contribution in [0.4, 0.5) is 5.69 Å². The number of aliphatic hydroxyl groups is 1. The van der Waals surface area contributed by atoms with Crippen LogP contribution in [-0.2, 0) is 10.4 Å². The second-order valence-electron chi connectivity index (χ2n) is 4.74. The molecule has 4 nitrogen and oxygen atoms in total. The maximum Gasteiger partial charge on any atom is 0.223 e. The Morgan fingerprint density at radius 3 is 2.83 bits per heavy atom. The van der Waals surface area contributed by atoms with Crippen LogP contribution in [0.1, 0.15) is 24.5 Å². The van der Waals surface area contributed by atoms with Gasteiger partial charge < -0.3 is 15.7 Å². The lowest BCUT2D eigenvalue weighted by Crippen LogP contribution is -2.46. The summed E-state index contributed by atoms with van der Waals surface area (Å²) >= 11 is 6.19. The summed E-state index contributed by atoms with van der Waals surface area (Å²) in [6.07, 6.45) is 0.402. The Bertz CT molecular complexity index is 504. The van der Waals surface area contributed by atoms with Crippen molar-refractivity contribution in [2.75, 3.05) is 18.0 Å². The van der Waals surface area contributed by atoms with Gasteiger partial charge in [0, 0.05) is 30.6 Å². The SMILES string of the molecule is CC(=O)N1CCC(O)(CN)c2c(Cl)ccc(C)c21. The molecule has 0 aromatic heterocycles. The molecule has 3 N–H and O–H groups in total. The van der Waals surface area contributed by atoms with Gasteiger partial charge in [-0.2, -0.15) is 0 Å². The van der Waals surface area contributed by atoms with Gasteiger partial charge in [-0.1, -0.05) is 17.7 Å². The van der Waals surface area contributed by atoms with Crippen LogP contribution in [-0.4, -0.2) is 24.1 Å². The predicted octanol–water partition coefficient (Wildman–Crippen LogP) is 1.55. The van der Waals surface area contributed by atoms with E-state index < -0.39 is 5.60 Å². The van der Waals surface area contributed by atoms with Crippen molar-refractivity contribution in [1.82, 2.24) is 0 Å². The standard InChI is InChI=1S/C13H17ClN2O2/c1-8-3-4-10(14)11-12(8)16(9(2)17)6-5-13(11,18)7-15/h3-4,18H,5-7,15H2,1-2H3. The van der Waals surface area contributed by atoms with Crippen molar-refractivity contribution < 1.29 is 9.90 Å². The van der Waals surface area contributed by atoms with E-state index in [4.69, 9.17) is 17.3 Å². The van der Waals surface area contributed by atoms with Crippen LogP contribution in [0.25, 0.3) is 0 Å². The van der Waals surface area contributed by atoms with E-state index in [1.165, 1.54) is 6.92 Å². The fourth-order valence-electron chi connectivity index (χ4n) is 2.51. The summed E-state index contributed by atoms with van der Waals surface area (Å²) in [6.45, 7) is 3.95. The Morgan fingerprint density at radius 1 is 1.61 bits per heavy atom. The van der Waals surface area contributed by atoms with Crippen molar-refractivity contribution >= 4 is 23.2 Å². The average molecular weight is 269 g/mol. The van der Waals surface area contributed by atoms with Gasteiger partial charge in [-0.25, -0.2) is 0 Å². The Morgan fingerprint density at radius 2 is 2.28 bits per heavy atom. The molecule has 1 atom stereocenters. The molecule has 98 valence electrons. The second-order valence-corrected chi connectivity index (χ2v) is 5.15. The van der Waals surface area contributed by atoms with Crippen molar-refractivity contribution in [2.24, 2.45) is 5.73 Å². The Balaban J connectivity index is 2.71. The molecule has 1 aliphatic rings. The first-order valence-corrected chi connectivity index (χ1v) is 6.28. The van der Waals surface area contributed by atoms with E-state index >= 15 is 0 Å². The molecule has 0 fully saturated rings. The van der Waals surface area contributed by atoms with E-state index in [1.54, 1.807) is 11.0 Å². The number of fused-ring (bicyclic) bond motifs is 1. The van der Waals surface area contributed by atoms with Crippen molar-refractivity contribution in [3.8, 4) is 0 Å². The molecule has 0 saturated carbocycles. The third-order valence-corrected chi connectivity index (χ3v) is 3.85. The second kappa shape index (κ2) is 4.53. The molecule has 2 rings (SSSR count). The van der Waals surface area contributed by atoms with E-state index in [-0.39, 0.29) is 12.5 Å². The van der Waals surface area contributed by atoms with E-state index in [1.807, 2.05) is 13.0 Å². The largest absolute Gasteiger partial charge is 0.384 e. The molecule has 1 aliphatic heterocycles. The molecule has 1 heterocycles. The molecule has 0 saturated heterocycles. The zero-order valence-electron chi connectivity index (χ0n) is 10.5. The maximum absolute atomic E-state index is 11.7. The summed E-state index contributed by atoms with van der Waals surface area (Å²) in [5, 5.41) is 11.0. The average Bonchev–Trinajstić information content (AvgIpc) is 2.33. The van der Waals surface area contributed by atoms with Gasteiger partial charge in [-0.15, -0.1) is 0 Å². The number of benzene rings is 1. The van der Waals surface area contributed by atoms with Gasteiger partial charge in [-0.05, 0) is 25.0 Å². The predicted molar refractivity (Wildman–Crippen MR) is 71.8 cm³/mol. The highest BCUT2D eigenvalue weighted by Gasteiger charge is 2.39. The van der Waals surface area contributed by atoms with Gasteiger partial charge >= 0.3 is 0 Å². The van der Waals surface area contributed by atoms with Gasteiger partial charge in [0.2, 0.25) is 5.91 Å². The van der Waals surface area contributed by atoms with E-state index in [2.05, 4.69) is 0 Å². The third-order valence-electron chi connectivity index (χ3n) is 3.53. The Labute approximate surface area is 111 Å². The Hall–Kier alpha value is -1.10. The lowest BCUT2D eigenvalue weighted by molar-refractivity contribution is -0.117. The highest BCUT2D eigenvalue weighted by Crippen LogP contribution is 2.43. The van der Waals surface area contributed by atoms with Crippen LogP contribution < -0.4 is 10.6 Å². The number of halogens is 1. The minimum Gasteiger partial charge on any atom is -0.384 e. The number of hydrogen-bond donors (Lipinski definition) is 2. The van der Waals surface area contributed by atoms with Gasteiger partial charge in [0.25, 0.3) is 0 Å². The van der Waals surface area contributed by atoms with Gasteiger partial charge in [0.15, 0.2) is 0 Å². The molecular weight excluding hydrogens is 252 g/mol. The fraction of sp³-hybridized carbons (Fsp3) is 0.462. The first-order valence-electron chi connectivity index (χ1n) is 5.91. The summed E-state index contributed by atoms with van der Waals surface area (Å²) in [4.78, 5) is 13.3. The molecule has 1 amide bonds. The molecule has 1 aromatic rings. The van der Waals surface area contributed by atoms with Gasteiger partial charge in [-0.3, -0.25) is 4.79 Å². The van der Waals surface area contributed by atoms with E-state index in [9.17, 15) is 9.90 Å². The fourth-order valence-corrected chi connectivity index (χ4v) is 2.84. The number of nitrogens with two attached hydrogens (primary N) is 1. The van der Waals surface area contributed by atoms with E-state index in [0.717, 1.165) is 5.56 Å². The zero-order chi connectivity index (χ0) is 13.5. The quantitative estimate of drug-likeness (QED) is 0.812. The van der Waals surface area contributed by atoms with Crippen LogP contribution in [0.3, 0.4) is 0 Å². The van der Waals surface area contributed by atoms with Crippen LogP contribution in [0.15, 0.2) is 12.1 Å². The lowest BCUT2D eigenvalue weighted by atomic mass is 9.84. The smallest absolute Gasteiger partial charge is 0.223 e. The lowest BCUT2D eigenvalue weighted by Gasteiger charge is -2.40. The topological polar surface area (TPSA) is 66.6 Å². The number of amides is 1. The monoisotopic (exact) mass is 268 g/mol. The van der Waals surface area contributed by atoms with E-state index in [0.29, 0.717) is 29.2 Å². The number of rotatable bonds is 1. The molecule has 1 aromatic carbocycles. The Kier molecular flexibility index (Phi) is 3.36. The summed E-state index contributed by atoms with van der Waals surface area (Å²) in [5.41, 5.74) is 6.73. The number of hydrogen-bond acceptors (Lipinski definition) is 3. The van der Waals surface area contributed by atoms with Crippen LogP contribution in [0.2, 0.25) is 5.02 Å². The molecule has 0 aliphatic carbocycles. The number of aryl methyl sites for hydroxylation is 1. The van der Waals surface area contributed by atoms with Gasteiger partial charge in [0.1, 0.15) is 5.60 Å². The van der Waals surface area contributed by atoms with Crippen molar-refractivity contribution in [1.29, 1.82) is 0 Å². The number of carbonyl (C=O) groups is 1. The highest BCUT2D eigenvalue weighted by molar-refractivity contribution is 6.32. The summed E-state index contributed by atoms with van der Waals surface area (Å²) in [5.74, 6) is -0.0549. The zero-order valence-corrected chi connectivity index (χ0v) is 11.3. The molecule has 0 bridgehead atoms. The van der Waals surface area contributed by atoms with Crippen molar-refractivity contribution in [3.63, 3.8) is 0 Å². The van der Waals surface area contributed by atoms with Crippen LogP contribution in [0.5, 0.6) is 0 Å². The molecule has 0 spiro atoms.